The molecule has 0 aliphatic heterocycles. The number of nitrogens with one attached hydrogen (secondary N) is 1. The minimum Gasteiger partial charge on any atom is -0.493 e. The molecule has 0 atom stereocenters. The number of benzene rings is 1. The Morgan fingerprint density at radius 1 is 1.31 bits per heavy atom. The zero-order chi connectivity index (χ0) is 12.0. The fourth-order valence-corrected chi connectivity index (χ4v) is 1.07. The third kappa shape index (κ3) is 4.21. The molecule has 1 aromatic rings. The Morgan fingerprint density at radius 3 is 2.44 bits per heavy atom. The fraction of sp³-hybridized carbons (Fsp3) is 0.417. The summed E-state index contributed by atoms with van der Waals surface area (Å²) in [5.41, 5.74) is 0.684. The van der Waals surface area contributed by atoms with E-state index < -0.39 is 6.09 Å². The van der Waals surface area contributed by atoms with Crippen molar-refractivity contribution in [3.63, 3.8) is 0 Å². The van der Waals surface area contributed by atoms with Crippen molar-refractivity contribution in [1.29, 1.82) is 0 Å². The lowest BCUT2D eigenvalue weighted by molar-refractivity contribution is 0.187. The van der Waals surface area contributed by atoms with Crippen LogP contribution in [-0.2, 0) is 4.74 Å². The highest BCUT2D eigenvalue weighted by molar-refractivity contribution is 5.84. The zero-order valence-electron chi connectivity index (χ0n) is 9.82. The number of amides is 1. The molecule has 4 heteroatoms. The fourth-order valence-electron chi connectivity index (χ4n) is 1.07. The molecule has 1 aromatic carbocycles. The van der Waals surface area contributed by atoms with Crippen LogP contribution in [0.5, 0.6) is 5.75 Å². The third-order valence-corrected chi connectivity index (χ3v) is 1.87. The molecule has 0 unspecified atom stereocenters. The summed E-state index contributed by atoms with van der Waals surface area (Å²) in [6.45, 7) is 4.87. The van der Waals surface area contributed by atoms with Crippen LogP contribution in [0.2, 0.25) is 0 Å². The average Bonchev–Trinajstić information content (AvgIpc) is 2.28. The van der Waals surface area contributed by atoms with E-state index in [9.17, 15) is 4.79 Å². The van der Waals surface area contributed by atoms with Crippen molar-refractivity contribution < 1.29 is 14.3 Å². The molecular formula is C12H17NO3. The normalized spacial score (nSPS) is 10.0. The van der Waals surface area contributed by atoms with Crippen molar-refractivity contribution in [2.75, 3.05) is 19.0 Å². The van der Waals surface area contributed by atoms with Crippen LogP contribution in [0.3, 0.4) is 0 Å². The van der Waals surface area contributed by atoms with Crippen molar-refractivity contribution in [2.45, 2.75) is 13.8 Å². The topological polar surface area (TPSA) is 47.6 Å². The zero-order valence-corrected chi connectivity index (χ0v) is 9.82. The molecule has 0 aromatic heterocycles. The molecule has 1 N–H and O–H groups in total. The first kappa shape index (κ1) is 12.4. The van der Waals surface area contributed by atoms with Crippen molar-refractivity contribution in [3.05, 3.63) is 24.3 Å². The van der Waals surface area contributed by atoms with Gasteiger partial charge in [-0.05, 0) is 30.2 Å². The van der Waals surface area contributed by atoms with Gasteiger partial charge in [0.15, 0.2) is 0 Å². The number of rotatable bonds is 4. The second kappa shape index (κ2) is 6.00. The summed E-state index contributed by atoms with van der Waals surface area (Å²) in [4.78, 5) is 10.9. The number of anilines is 1. The molecule has 0 saturated carbocycles. The summed E-state index contributed by atoms with van der Waals surface area (Å²) >= 11 is 0. The van der Waals surface area contributed by atoms with Gasteiger partial charge in [0.05, 0.1) is 13.7 Å². The van der Waals surface area contributed by atoms with Crippen molar-refractivity contribution in [1.82, 2.24) is 0 Å². The lowest BCUT2D eigenvalue weighted by atomic mass is 10.2. The van der Waals surface area contributed by atoms with Gasteiger partial charge in [-0.25, -0.2) is 4.79 Å². The molecule has 0 aliphatic rings. The maximum Gasteiger partial charge on any atom is 0.411 e. The van der Waals surface area contributed by atoms with Crippen molar-refractivity contribution in [3.8, 4) is 5.75 Å². The Balaban J connectivity index is 2.51. The first-order valence-electron chi connectivity index (χ1n) is 5.19. The van der Waals surface area contributed by atoms with E-state index in [-0.39, 0.29) is 0 Å². The Hall–Kier alpha value is -1.71. The number of hydrogen-bond acceptors (Lipinski definition) is 3. The van der Waals surface area contributed by atoms with E-state index in [4.69, 9.17) is 4.74 Å². The van der Waals surface area contributed by atoms with Gasteiger partial charge in [0.1, 0.15) is 5.75 Å². The third-order valence-electron chi connectivity index (χ3n) is 1.87. The first-order valence-corrected chi connectivity index (χ1v) is 5.19. The van der Waals surface area contributed by atoms with Gasteiger partial charge in [0.25, 0.3) is 0 Å². The van der Waals surface area contributed by atoms with Crippen molar-refractivity contribution in [2.24, 2.45) is 5.92 Å². The molecule has 1 rings (SSSR count). The molecule has 0 saturated heterocycles. The second-order valence-electron chi connectivity index (χ2n) is 3.85. The van der Waals surface area contributed by atoms with Crippen molar-refractivity contribution >= 4 is 11.8 Å². The lowest BCUT2D eigenvalue weighted by Gasteiger charge is -2.09. The summed E-state index contributed by atoms with van der Waals surface area (Å²) in [7, 11) is 1.33. The van der Waals surface area contributed by atoms with Gasteiger partial charge in [-0.1, -0.05) is 13.8 Å². The van der Waals surface area contributed by atoms with Gasteiger partial charge < -0.3 is 9.47 Å². The van der Waals surface area contributed by atoms with Crippen LogP contribution in [-0.4, -0.2) is 19.8 Å². The van der Waals surface area contributed by atoms with E-state index in [1.54, 1.807) is 12.1 Å². The molecule has 88 valence electrons. The standard InChI is InChI=1S/C12H17NO3/c1-9(2)8-16-11-6-4-10(5-7-11)13-12(14)15-3/h4-7,9H,8H2,1-3H3,(H,13,14). The van der Waals surface area contributed by atoms with Crippen LogP contribution >= 0.6 is 0 Å². The molecule has 0 fully saturated rings. The SMILES string of the molecule is COC(=O)Nc1ccc(OCC(C)C)cc1. The van der Waals surface area contributed by atoms with Gasteiger partial charge in [0, 0.05) is 5.69 Å². The molecule has 0 radical (unpaired) electrons. The minimum atomic E-state index is -0.476. The average molecular weight is 223 g/mol. The van der Waals surface area contributed by atoms with E-state index in [1.165, 1.54) is 7.11 Å². The van der Waals surface area contributed by atoms with Gasteiger partial charge in [0.2, 0.25) is 0 Å². The summed E-state index contributed by atoms with van der Waals surface area (Å²) in [5.74, 6) is 1.29. The quantitative estimate of drug-likeness (QED) is 0.853. The molecular weight excluding hydrogens is 206 g/mol. The Labute approximate surface area is 95.6 Å². The summed E-state index contributed by atoms with van der Waals surface area (Å²) in [5, 5.41) is 2.57. The Bertz CT molecular complexity index is 333. The highest BCUT2D eigenvalue weighted by Gasteiger charge is 2.01. The van der Waals surface area contributed by atoms with E-state index in [1.807, 2.05) is 12.1 Å². The summed E-state index contributed by atoms with van der Waals surface area (Å²) in [6.07, 6.45) is -0.476. The van der Waals surface area contributed by atoms with E-state index in [2.05, 4.69) is 23.9 Å². The highest BCUT2D eigenvalue weighted by atomic mass is 16.5. The van der Waals surface area contributed by atoms with E-state index in [0.717, 1.165) is 5.75 Å². The summed E-state index contributed by atoms with van der Waals surface area (Å²) in [6, 6.07) is 7.17. The maximum atomic E-state index is 10.9. The molecule has 1 amide bonds. The highest BCUT2D eigenvalue weighted by Crippen LogP contribution is 2.16. The van der Waals surface area contributed by atoms with Gasteiger partial charge in [-0.2, -0.15) is 0 Å². The number of ether oxygens (including phenoxy) is 2. The first-order chi connectivity index (χ1) is 7.61. The minimum absolute atomic E-state index is 0.476. The molecule has 0 bridgehead atoms. The number of carbonyl (C=O) groups excluding carboxylic acids is 1. The van der Waals surface area contributed by atoms with Crippen LogP contribution in [0.25, 0.3) is 0 Å². The largest absolute Gasteiger partial charge is 0.493 e. The van der Waals surface area contributed by atoms with Gasteiger partial charge >= 0.3 is 6.09 Å². The number of carbonyl (C=O) groups is 1. The summed E-state index contributed by atoms with van der Waals surface area (Å²) < 4.78 is 9.99. The molecule has 4 nitrogen and oxygen atoms in total. The lowest BCUT2D eigenvalue weighted by Crippen LogP contribution is -2.10. The van der Waals surface area contributed by atoms with E-state index in [0.29, 0.717) is 18.2 Å². The second-order valence-corrected chi connectivity index (χ2v) is 3.85. The van der Waals surface area contributed by atoms with Gasteiger partial charge in [-0.3, -0.25) is 5.32 Å². The monoisotopic (exact) mass is 223 g/mol. The molecule has 0 spiro atoms. The van der Waals surface area contributed by atoms with Crippen LogP contribution in [0, 0.1) is 5.92 Å². The smallest absolute Gasteiger partial charge is 0.411 e. The van der Waals surface area contributed by atoms with Crippen LogP contribution in [0.1, 0.15) is 13.8 Å². The Kier molecular flexibility index (Phi) is 4.64. The van der Waals surface area contributed by atoms with Crippen LogP contribution < -0.4 is 10.1 Å². The predicted molar refractivity (Wildman–Crippen MR) is 62.8 cm³/mol. The number of hydrogen-bond donors (Lipinski definition) is 1. The van der Waals surface area contributed by atoms with Crippen LogP contribution in [0.15, 0.2) is 24.3 Å². The molecule has 0 heterocycles. The van der Waals surface area contributed by atoms with E-state index >= 15 is 0 Å². The van der Waals surface area contributed by atoms with Crippen LogP contribution in [0.4, 0.5) is 10.5 Å². The molecule has 0 aliphatic carbocycles. The maximum absolute atomic E-state index is 10.9. The number of methoxy groups -OCH3 is 1. The predicted octanol–water partition coefficient (Wildman–Crippen LogP) is 2.90. The van der Waals surface area contributed by atoms with Gasteiger partial charge in [-0.15, -0.1) is 0 Å². The Morgan fingerprint density at radius 2 is 1.94 bits per heavy atom. The molecule has 16 heavy (non-hydrogen) atoms.